The molecule has 8 heteroatoms. The van der Waals surface area contributed by atoms with E-state index in [1.807, 2.05) is 7.05 Å². The van der Waals surface area contributed by atoms with Crippen molar-refractivity contribution in [3.05, 3.63) is 17.2 Å². The van der Waals surface area contributed by atoms with Crippen molar-refractivity contribution in [2.45, 2.75) is 23.8 Å². The van der Waals surface area contributed by atoms with E-state index in [2.05, 4.69) is 5.32 Å². The fourth-order valence-corrected chi connectivity index (χ4v) is 5.14. The van der Waals surface area contributed by atoms with Crippen LogP contribution in [0, 0.1) is 0 Å². The van der Waals surface area contributed by atoms with Crippen molar-refractivity contribution in [2.75, 3.05) is 33.4 Å². The van der Waals surface area contributed by atoms with Crippen LogP contribution in [-0.4, -0.2) is 52.1 Å². The van der Waals surface area contributed by atoms with Gasteiger partial charge in [-0.15, -0.1) is 0 Å². The van der Waals surface area contributed by atoms with E-state index in [9.17, 15) is 8.42 Å². The molecular formula is C14H19ClN2O4S. The second-order valence-corrected chi connectivity index (χ2v) is 7.66. The number of halogens is 1. The largest absolute Gasteiger partial charge is 0.486 e. The van der Waals surface area contributed by atoms with Crippen LogP contribution in [0.25, 0.3) is 0 Å². The lowest BCUT2D eigenvalue weighted by atomic mass is 10.2. The summed E-state index contributed by atoms with van der Waals surface area (Å²) in [6.45, 7) is 1.98. The molecule has 0 radical (unpaired) electrons. The van der Waals surface area contributed by atoms with Gasteiger partial charge in [-0.25, -0.2) is 8.42 Å². The van der Waals surface area contributed by atoms with Gasteiger partial charge in [0.05, 0.1) is 5.02 Å². The predicted molar refractivity (Wildman–Crippen MR) is 83.3 cm³/mol. The summed E-state index contributed by atoms with van der Waals surface area (Å²) in [5.41, 5.74) is 0. The van der Waals surface area contributed by atoms with Crippen LogP contribution in [0.2, 0.25) is 5.02 Å². The number of fused-ring (bicyclic) bond motifs is 1. The molecule has 1 aromatic carbocycles. The second-order valence-electron chi connectivity index (χ2n) is 5.40. The highest BCUT2D eigenvalue weighted by molar-refractivity contribution is 7.89. The van der Waals surface area contributed by atoms with Crippen molar-refractivity contribution < 1.29 is 17.9 Å². The summed E-state index contributed by atoms with van der Waals surface area (Å²) < 4.78 is 38.3. The van der Waals surface area contributed by atoms with Gasteiger partial charge in [-0.05, 0) is 19.9 Å². The Balaban J connectivity index is 1.98. The van der Waals surface area contributed by atoms with Gasteiger partial charge in [-0.2, -0.15) is 4.31 Å². The third-order valence-electron chi connectivity index (χ3n) is 3.95. The monoisotopic (exact) mass is 346 g/mol. The van der Waals surface area contributed by atoms with Gasteiger partial charge < -0.3 is 14.8 Å². The maximum Gasteiger partial charge on any atom is 0.244 e. The number of benzene rings is 1. The van der Waals surface area contributed by atoms with E-state index in [0.29, 0.717) is 37.8 Å². The van der Waals surface area contributed by atoms with Crippen LogP contribution in [0.15, 0.2) is 17.0 Å². The van der Waals surface area contributed by atoms with Crippen LogP contribution in [0.3, 0.4) is 0 Å². The molecule has 1 N–H and O–H groups in total. The summed E-state index contributed by atoms with van der Waals surface area (Å²) in [4.78, 5) is 0.0846. The highest BCUT2D eigenvalue weighted by Gasteiger charge is 2.36. The molecule has 0 spiro atoms. The third kappa shape index (κ3) is 2.78. The van der Waals surface area contributed by atoms with E-state index in [1.165, 1.54) is 16.4 Å². The summed E-state index contributed by atoms with van der Waals surface area (Å²) in [6, 6.07) is 2.95. The summed E-state index contributed by atoms with van der Waals surface area (Å²) in [5, 5.41) is 3.21. The lowest BCUT2D eigenvalue weighted by molar-refractivity contribution is 0.171. The lowest BCUT2D eigenvalue weighted by Crippen LogP contribution is -2.40. The molecule has 1 fully saturated rings. The first-order chi connectivity index (χ1) is 10.5. The molecule has 0 bridgehead atoms. The van der Waals surface area contributed by atoms with Gasteiger partial charge in [0.25, 0.3) is 0 Å². The number of rotatable bonds is 4. The summed E-state index contributed by atoms with van der Waals surface area (Å²) in [6.07, 6.45) is 1.70. The summed E-state index contributed by atoms with van der Waals surface area (Å²) in [7, 11) is -1.83. The molecule has 2 heterocycles. The van der Waals surface area contributed by atoms with Gasteiger partial charge in [-0.3, -0.25) is 0 Å². The Morgan fingerprint density at radius 3 is 2.68 bits per heavy atom. The SMILES string of the molecule is CNCC1CCCN1S(=O)(=O)c1cc2c(cc1Cl)OCCO2. The number of ether oxygens (including phenoxy) is 2. The van der Waals surface area contributed by atoms with Gasteiger partial charge in [0.15, 0.2) is 11.5 Å². The van der Waals surface area contributed by atoms with Crippen molar-refractivity contribution >= 4 is 21.6 Å². The van der Waals surface area contributed by atoms with E-state index >= 15 is 0 Å². The first kappa shape index (κ1) is 15.9. The van der Waals surface area contributed by atoms with E-state index in [4.69, 9.17) is 21.1 Å². The fourth-order valence-electron chi connectivity index (χ4n) is 2.93. The van der Waals surface area contributed by atoms with Crippen LogP contribution >= 0.6 is 11.6 Å². The number of nitrogens with zero attached hydrogens (tertiary/aromatic N) is 1. The average Bonchev–Trinajstić information content (AvgIpc) is 2.96. The van der Waals surface area contributed by atoms with E-state index < -0.39 is 10.0 Å². The molecule has 1 unspecified atom stereocenters. The van der Waals surface area contributed by atoms with E-state index in [0.717, 1.165) is 12.8 Å². The molecule has 1 atom stereocenters. The molecule has 3 rings (SSSR count). The topological polar surface area (TPSA) is 67.9 Å². The molecule has 1 saturated heterocycles. The molecule has 2 aliphatic heterocycles. The number of hydrogen-bond donors (Lipinski definition) is 1. The first-order valence-electron chi connectivity index (χ1n) is 7.29. The second kappa shape index (κ2) is 6.23. The first-order valence-corrected chi connectivity index (χ1v) is 9.11. The molecule has 2 aliphatic rings. The maximum atomic E-state index is 12.9. The highest BCUT2D eigenvalue weighted by atomic mass is 35.5. The van der Waals surface area contributed by atoms with Crippen molar-refractivity contribution in [3.63, 3.8) is 0 Å². The van der Waals surface area contributed by atoms with Crippen molar-refractivity contribution in [1.29, 1.82) is 0 Å². The number of likely N-dealkylation sites (N-methyl/N-ethyl adjacent to an activating group) is 1. The van der Waals surface area contributed by atoms with Crippen LogP contribution in [0.5, 0.6) is 11.5 Å². The van der Waals surface area contributed by atoms with E-state index in [1.54, 1.807) is 0 Å². The molecule has 1 aromatic rings. The molecule has 0 aliphatic carbocycles. The van der Waals surface area contributed by atoms with Gasteiger partial charge >= 0.3 is 0 Å². The van der Waals surface area contributed by atoms with Crippen molar-refractivity contribution in [2.24, 2.45) is 0 Å². The molecule has 122 valence electrons. The molecular weight excluding hydrogens is 328 g/mol. The third-order valence-corrected chi connectivity index (χ3v) is 6.36. The van der Waals surface area contributed by atoms with Crippen LogP contribution < -0.4 is 14.8 Å². The smallest absolute Gasteiger partial charge is 0.244 e. The normalized spacial score (nSPS) is 22.0. The minimum absolute atomic E-state index is 0.0423. The Kier molecular flexibility index (Phi) is 4.49. The molecule has 22 heavy (non-hydrogen) atoms. The Hall–Kier alpha value is -1.02. The minimum Gasteiger partial charge on any atom is -0.486 e. The number of hydrogen-bond acceptors (Lipinski definition) is 5. The zero-order valence-corrected chi connectivity index (χ0v) is 13.9. The minimum atomic E-state index is -3.65. The molecule has 6 nitrogen and oxygen atoms in total. The quantitative estimate of drug-likeness (QED) is 0.894. The summed E-state index contributed by atoms with van der Waals surface area (Å²) >= 11 is 6.19. The molecule has 0 amide bonds. The van der Waals surface area contributed by atoms with Gasteiger partial charge in [0, 0.05) is 31.3 Å². The molecule has 0 saturated carbocycles. The van der Waals surface area contributed by atoms with Gasteiger partial charge in [0.1, 0.15) is 18.1 Å². The highest BCUT2D eigenvalue weighted by Crippen LogP contribution is 2.39. The lowest BCUT2D eigenvalue weighted by Gasteiger charge is -2.25. The van der Waals surface area contributed by atoms with Gasteiger partial charge in [-0.1, -0.05) is 11.6 Å². The Bertz CT molecular complexity index is 665. The van der Waals surface area contributed by atoms with Crippen LogP contribution in [0.4, 0.5) is 0 Å². The number of nitrogens with one attached hydrogen (secondary N) is 1. The maximum absolute atomic E-state index is 12.9. The van der Waals surface area contributed by atoms with Crippen molar-refractivity contribution in [3.8, 4) is 11.5 Å². The standard InChI is InChI=1S/C14H19ClN2O4S/c1-16-9-10-3-2-4-17(10)22(18,19)14-8-13-12(7-11(14)15)20-5-6-21-13/h7-8,10,16H,2-6,9H2,1H3. The van der Waals surface area contributed by atoms with Crippen molar-refractivity contribution in [1.82, 2.24) is 9.62 Å². The average molecular weight is 347 g/mol. The zero-order valence-electron chi connectivity index (χ0n) is 12.3. The van der Waals surface area contributed by atoms with Crippen LogP contribution in [0.1, 0.15) is 12.8 Å². The van der Waals surface area contributed by atoms with Gasteiger partial charge in [0.2, 0.25) is 10.0 Å². The predicted octanol–water partition coefficient (Wildman–Crippen LogP) is 1.48. The van der Waals surface area contributed by atoms with E-state index in [-0.39, 0.29) is 16.0 Å². The Morgan fingerprint density at radius 1 is 1.32 bits per heavy atom. The van der Waals surface area contributed by atoms with Crippen LogP contribution in [-0.2, 0) is 10.0 Å². The number of sulfonamides is 1. The zero-order chi connectivity index (χ0) is 15.7. The fraction of sp³-hybridized carbons (Fsp3) is 0.571. The summed E-state index contributed by atoms with van der Waals surface area (Å²) in [5.74, 6) is 0.919. The molecule has 0 aromatic heterocycles. The Morgan fingerprint density at radius 2 is 2.00 bits per heavy atom. The Labute approximate surface area is 135 Å².